The number of nitrogens with one attached hydrogen (secondary N) is 1. The van der Waals surface area contributed by atoms with Gasteiger partial charge in [-0.05, 0) is 58.2 Å². The lowest BCUT2D eigenvalue weighted by molar-refractivity contribution is 0.731. The van der Waals surface area contributed by atoms with Gasteiger partial charge in [0.25, 0.3) is 0 Å². The maximum Gasteiger partial charge on any atom is 0.0828 e. The van der Waals surface area contributed by atoms with Gasteiger partial charge in [-0.3, -0.25) is 4.68 Å². The molecule has 0 saturated carbocycles. The molecule has 0 spiro atoms. The molecule has 0 aliphatic rings. The molecule has 2 aromatic rings. The van der Waals surface area contributed by atoms with E-state index in [2.05, 4.69) is 64.1 Å². The Labute approximate surface area is 122 Å². The van der Waals surface area contributed by atoms with Crippen LogP contribution < -0.4 is 5.32 Å². The molecule has 0 amide bonds. The zero-order valence-electron chi connectivity index (χ0n) is 13.6. The van der Waals surface area contributed by atoms with E-state index in [1.54, 1.807) is 0 Å². The molecule has 3 heteroatoms. The Morgan fingerprint density at radius 3 is 2.05 bits per heavy atom. The smallest absolute Gasteiger partial charge is 0.0828 e. The Hall–Kier alpha value is -1.77. The molecule has 0 aliphatic carbocycles. The van der Waals surface area contributed by atoms with Gasteiger partial charge in [0, 0.05) is 13.1 Å². The number of rotatable bonds is 3. The molecule has 20 heavy (non-hydrogen) atoms. The minimum absolute atomic E-state index is 0.275. The van der Waals surface area contributed by atoms with E-state index in [0.717, 1.165) is 11.4 Å². The standard InChI is InChI=1S/C17H25N3/c1-10-8-11(2)16(12(3)9-10)13(4)18-17-14(5)19-20(7)15(17)6/h8-9,13,18H,1-7H3. The number of hydrogen-bond donors (Lipinski definition) is 1. The third-order valence-corrected chi connectivity index (χ3v) is 4.04. The summed E-state index contributed by atoms with van der Waals surface area (Å²) >= 11 is 0. The summed E-state index contributed by atoms with van der Waals surface area (Å²) in [6.07, 6.45) is 0. The summed E-state index contributed by atoms with van der Waals surface area (Å²) in [7, 11) is 1.99. The molecule has 0 aliphatic heterocycles. The van der Waals surface area contributed by atoms with Crippen molar-refractivity contribution in [3.8, 4) is 0 Å². The molecule has 0 saturated heterocycles. The average Bonchev–Trinajstić information content (AvgIpc) is 2.54. The van der Waals surface area contributed by atoms with Gasteiger partial charge in [-0.15, -0.1) is 0 Å². The van der Waals surface area contributed by atoms with Gasteiger partial charge in [0.2, 0.25) is 0 Å². The summed E-state index contributed by atoms with van der Waals surface area (Å²) in [6, 6.07) is 4.78. The summed E-state index contributed by atoms with van der Waals surface area (Å²) in [5.74, 6) is 0. The van der Waals surface area contributed by atoms with Gasteiger partial charge in [0.1, 0.15) is 0 Å². The van der Waals surface area contributed by atoms with Crippen LogP contribution in [0.3, 0.4) is 0 Å². The fourth-order valence-corrected chi connectivity index (χ4v) is 3.15. The van der Waals surface area contributed by atoms with Crippen molar-refractivity contribution in [2.75, 3.05) is 5.32 Å². The van der Waals surface area contributed by atoms with Crippen LogP contribution in [-0.2, 0) is 7.05 Å². The molecule has 108 valence electrons. The second kappa shape index (κ2) is 5.31. The molecule has 1 unspecified atom stereocenters. The number of anilines is 1. The summed E-state index contributed by atoms with van der Waals surface area (Å²) in [5, 5.41) is 8.10. The van der Waals surface area contributed by atoms with E-state index in [1.807, 2.05) is 11.7 Å². The summed E-state index contributed by atoms with van der Waals surface area (Å²) in [5.41, 5.74) is 8.79. The lowest BCUT2D eigenvalue weighted by atomic mass is 9.94. The summed E-state index contributed by atoms with van der Waals surface area (Å²) in [4.78, 5) is 0. The predicted molar refractivity (Wildman–Crippen MR) is 85.4 cm³/mol. The second-order valence-corrected chi connectivity index (χ2v) is 5.85. The molecule has 1 aromatic carbocycles. The lowest BCUT2D eigenvalue weighted by Gasteiger charge is -2.21. The van der Waals surface area contributed by atoms with E-state index in [0.29, 0.717) is 0 Å². The van der Waals surface area contributed by atoms with E-state index in [9.17, 15) is 0 Å². The topological polar surface area (TPSA) is 29.9 Å². The zero-order valence-corrected chi connectivity index (χ0v) is 13.6. The van der Waals surface area contributed by atoms with Crippen molar-refractivity contribution in [2.45, 2.75) is 47.6 Å². The van der Waals surface area contributed by atoms with Crippen LogP contribution in [0, 0.1) is 34.6 Å². The highest BCUT2D eigenvalue weighted by Gasteiger charge is 2.16. The largest absolute Gasteiger partial charge is 0.376 e. The molecule has 0 bridgehead atoms. The molecule has 1 heterocycles. The first-order valence-electron chi connectivity index (χ1n) is 7.15. The van der Waals surface area contributed by atoms with Crippen molar-refractivity contribution < 1.29 is 0 Å². The fourth-order valence-electron chi connectivity index (χ4n) is 3.15. The minimum Gasteiger partial charge on any atom is -0.376 e. The first kappa shape index (κ1) is 14.6. The van der Waals surface area contributed by atoms with E-state index in [-0.39, 0.29) is 6.04 Å². The maximum atomic E-state index is 4.47. The molecular weight excluding hydrogens is 246 g/mol. The van der Waals surface area contributed by atoms with Crippen LogP contribution in [0.5, 0.6) is 0 Å². The molecule has 2 rings (SSSR count). The van der Waals surface area contributed by atoms with Crippen LogP contribution in [-0.4, -0.2) is 9.78 Å². The highest BCUT2D eigenvalue weighted by molar-refractivity contribution is 5.54. The Kier molecular flexibility index (Phi) is 3.89. The molecule has 1 aromatic heterocycles. The molecule has 0 radical (unpaired) electrons. The monoisotopic (exact) mass is 271 g/mol. The van der Waals surface area contributed by atoms with Crippen LogP contribution in [0.1, 0.15) is 46.6 Å². The maximum absolute atomic E-state index is 4.47. The van der Waals surface area contributed by atoms with Gasteiger partial charge in [-0.1, -0.05) is 17.7 Å². The molecular formula is C17H25N3. The Morgan fingerprint density at radius 1 is 1.05 bits per heavy atom. The molecule has 1 atom stereocenters. The number of aryl methyl sites for hydroxylation is 5. The van der Waals surface area contributed by atoms with Crippen molar-refractivity contribution in [1.29, 1.82) is 0 Å². The lowest BCUT2D eigenvalue weighted by Crippen LogP contribution is -2.11. The van der Waals surface area contributed by atoms with Crippen molar-refractivity contribution >= 4 is 5.69 Å². The SMILES string of the molecule is Cc1cc(C)c(C(C)Nc2c(C)nn(C)c2C)c(C)c1. The second-order valence-electron chi connectivity index (χ2n) is 5.85. The quantitative estimate of drug-likeness (QED) is 0.909. The third-order valence-electron chi connectivity index (χ3n) is 4.04. The van der Waals surface area contributed by atoms with Crippen molar-refractivity contribution in [3.63, 3.8) is 0 Å². The van der Waals surface area contributed by atoms with E-state index in [1.165, 1.54) is 27.9 Å². The van der Waals surface area contributed by atoms with Gasteiger partial charge < -0.3 is 5.32 Å². The van der Waals surface area contributed by atoms with Crippen LogP contribution in [0.25, 0.3) is 0 Å². The Balaban J connectivity index is 2.36. The first-order chi connectivity index (χ1) is 9.31. The molecule has 3 nitrogen and oxygen atoms in total. The number of benzene rings is 1. The van der Waals surface area contributed by atoms with E-state index >= 15 is 0 Å². The van der Waals surface area contributed by atoms with Gasteiger partial charge in [-0.2, -0.15) is 5.10 Å². The number of nitrogens with zero attached hydrogens (tertiary/aromatic N) is 2. The van der Waals surface area contributed by atoms with Crippen LogP contribution in [0.15, 0.2) is 12.1 Å². The average molecular weight is 271 g/mol. The number of hydrogen-bond acceptors (Lipinski definition) is 2. The van der Waals surface area contributed by atoms with Crippen molar-refractivity contribution in [3.05, 3.63) is 45.8 Å². The third kappa shape index (κ3) is 2.58. The Morgan fingerprint density at radius 2 is 1.60 bits per heavy atom. The zero-order chi connectivity index (χ0) is 15.0. The van der Waals surface area contributed by atoms with Gasteiger partial charge in [-0.25, -0.2) is 0 Å². The molecule has 1 N–H and O–H groups in total. The van der Waals surface area contributed by atoms with E-state index in [4.69, 9.17) is 0 Å². The van der Waals surface area contributed by atoms with Crippen molar-refractivity contribution in [1.82, 2.24) is 9.78 Å². The highest BCUT2D eigenvalue weighted by Crippen LogP contribution is 2.29. The first-order valence-corrected chi connectivity index (χ1v) is 7.15. The fraction of sp³-hybridized carbons (Fsp3) is 0.471. The highest BCUT2D eigenvalue weighted by atomic mass is 15.3. The van der Waals surface area contributed by atoms with Crippen molar-refractivity contribution in [2.24, 2.45) is 7.05 Å². The Bertz CT molecular complexity index is 615. The molecule has 0 fully saturated rings. The van der Waals surface area contributed by atoms with E-state index < -0.39 is 0 Å². The predicted octanol–water partition coefficient (Wildman–Crippen LogP) is 4.14. The van der Waals surface area contributed by atoms with Gasteiger partial charge >= 0.3 is 0 Å². The minimum atomic E-state index is 0.275. The van der Waals surface area contributed by atoms with Crippen LogP contribution in [0.2, 0.25) is 0 Å². The van der Waals surface area contributed by atoms with Crippen LogP contribution >= 0.6 is 0 Å². The summed E-state index contributed by atoms with van der Waals surface area (Å²) < 4.78 is 1.93. The van der Waals surface area contributed by atoms with Gasteiger partial charge in [0.15, 0.2) is 0 Å². The van der Waals surface area contributed by atoms with Crippen LogP contribution in [0.4, 0.5) is 5.69 Å². The summed E-state index contributed by atoms with van der Waals surface area (Å²) in [6.45, 7) is 12.9. The normalized spacial score (nSPS) is 12.6. The number of aromatic nitrogens is 2. The van der Waals surface area contributed by atoms with Gasteiger partial charge in [0.05, 0.1) is 17.1 Å².